The van der Waals surface area contributed by atoms with Gasteiger partial charge in [-0.3, -0.25) is 9.36 Å². The Bertz CT molecular complexity index is 640. The lowest BCUT2D eigenvalue weighted by Crippen LogP contribution is -2.27. The molecule has 0 bridgehead atoms. The molecule has 1 amide bonds. The molecular formula is C15H18N4O2S. The highest BCUT2D eigenvalue weighted by atomic mass is 32.2. The summed E-state index contributed by atoms with van der Waals surface area (Å²) in [7, 11) is 1.62. The van der Waals surface area contributed by atoms with Gasteiger partial charge in [0.25, 0.3) is 0 Å². The summed E-state index contributed by atoms with van der Waals surface area (Å²) >= 11 is 1.39. The van der Waals surface area contributed by atoms with Gasteiger partial charge in [0, 0.05) is 18.8 Å². The first kappa shape index (κ1) is 15.1. The number of ether oxygens (including phenoxy) is 1. The van der Waals surface area contributed by atoms with Crippen LogP contribution in [-0.2, 0) is 16.1 Å². The van der Waals surface area contributed by atoms with Crippen LogP contribution in [0.15, 0.2) is 35.5 Å². The molecule has 7 heteroatoms. The number of nitrogens with one attached hydrogen (secondary N) is 1. The number of aromatic nitrogens is 3. The number of amides is 1. The minimum Gasteiger partial charge on any atom is -0.377 e. The standard InChI is InChI=1S/C15H18N4O2S/c1-21-9-13-17-18-15(19(13)12-5-3-2-4-6-12)22-10-14(20)16-11-7-8-11/h2-6,11H,7-10H2,1H3,(H,16,20). The maximum atomic E-state index is 11.8. The van der Waals surface area contributed by atoms with Crippen LogP contribution in [0.5, 0.6) is 0 Å². The summed E-state index contributed by atoms with van der Waals surface area (Å²) in [4.78, 5) is 11.8. The fourth-order valence-corrected chi connectivity index (χ4v) is 2.86. The van der Waals surface area contributed by atoms with E-state index in [2.05, 4.69) is 15.5 Å². The minimum absolute atomic E-state index is 0.0448. The Balaban J connectivity index is 1.76. The molecule has 1 aliphatic rings. The predicted octanol–water partition coefficient (Wildman–Crippen LogP) is 1.78. The molecule has 3 rings (SSSR count). The second-order valence-corrected chi connectivity index (χ2v) is 6.08. The van der Waals surface area contributed by atoms with Gasteiger partial charge in [-0.25, -0.2) is 0 Å². The van der Waals surface area contributed by atoms with E-state index in [1.807, 2.05) is 34.9 Å². The number of benzene rings is 1. The van der Waals surface area contributed by atoms with E-state index < -0.39 is 0 Å². The third kappa shape index (κ3) is 3.66. The molecule has 1 heterocycles. The van der Waals surface area contributed by atoms with E-state index in [1.165, 1.54) is 11.8 Å². The Kier molecular flexibility index (Phi) is 4.74. The van der Waals surface area contributed by atoms with E-state index in [-0.39, 0.29) is 5.91 Å². The van der Waals surface area contributed by atoms with Crippen LogP contribution in [0.25, 0.3) is 5.69 Å². The molecule has 0 radical (unpaired) electrons. The SMILES string of the molecule is COCc1nnc(SCC(=O)NC2CC2)n1-c1ccccc1. The van der Waals surface area contributed by atoms with E-state index in [4.69, 9.17) is 4.74 Å². The number of para-hydroxylation sites is 1. The molecule has 1 aromatic carbocycles. The second kappa shape index (κ2) is 6.93. The largest absolute Gasteiger partial charge is 0.377 e. The second-order valence-electron chi connectivity index (χ2n) is 5.13. The molecule has 0 aliphatic heterocycles. The first-order chi connectivity index (χ1) is 10.8. The van der Waals surface area contributed by atoms with Crippen molar-refractivity contribution in [3.8, 4) is 5.69 Å². The van der Waals surface area contributed by atoms with Crippen LogP contribution < -0.4 is 5.32 Å². The first-order valence-corrected chi connectivity index (χ1v) is 8.17. The quantitative estimate of drug-likeness (QED) is 0.788. The van der Waals surface area contributed by atoms with Crippen LogP contribution in [0.4, 0.5) is 0 Å². The fraction of sp³-hybridized carbons (Fsp3) is 0.400. The number of methoxy groups -OCH3 is 1. The van der Waals surface area contributed by atoms with Crippen LogP contribution in [0.1, 0.15) is 18.7 Å². The summed E-state index contributed by atoms with van der Waals surface area (Å²) in [5, 5.41) is 12.0. The monoisotopic (exact) mass is 318 g/mol. The van der Waals surface area contributed by atoms with Gasteiger partial charge in [0.2, 0.25) is 5.91 Å². The van der Waals surface area contributed by atoms with Gasteiger partial charge in [-0.15, -0.1) is 10.2 Å². The average Bonchev–Trinajstić information content (AvgIpc) is 3.25. The zero-order valence-electron chi connectivity index (χ0n) is 12.4. The van der Waals surface area contributed by atoms with Crippen molar-refractivity contribution in [1.82, 2.24) is 20.1 Å². The van der Waals surface area contributed by atoms with Crippen molar-refractivity contribution >= 4 is 17.7 Å². The maximum absolute atomic E-state index is 11.8. The lowest BCUT2D eigenvalue weighted by Gasteiger charge is -2.09. The highest BCUT2D eigenvalue weighted by Gasteiger charge is 2.23. The molecule has 1 saturated carbocycles. The van der Waals surface area contributed by atoms with Gasteiger partial charge in [0.1, 0.15) is 6.61 Å². The van der Waals surface area contributed by atoms with E-state index in [0.717, 1.165) is 24.4 Å². The number of hydrogen-bond donors (Lipinski definition) is 1. The van der Waals surface area contributed by atoms with Crippen LogP contribution in [0.2, 0.25) is 0 Å². The fourth-order valence-electron chi connectivity index (χ4n) is 2.08. The number of carbonyl (C=O) groups excluding carboxylic acids is 1. The Morgan fingerprint density at radius 2 is 2.14 bits per heavy atom. The lowest BCUT2D eigenvalue weighted by atomic mass is 10.3. The molecule has 6 nitrogen and oxygen atoms in total. The van der Waals surface area contributed by atoms with Crippen molar-refractivity contribution in [2.45, 2.75) is 30.6 Å². The van der Waals surface area contributed by atoms with Crippen molar-refractivity contribution in [2.75, 3.05) is 12.9 Å². The molecule has 1 aliphatic carbocycles. The van der Waals surface area contributed by atoms with Crippen LogP contribution in [0, 0.1) is 0 Å². The maximum Gasteiger partial charge on any atom is 0.230 e. The van der Waals surface area contributed by atoms with Gasteiger partial charge in [0.05, 0.1) is 5.75 Å². The smallest absolute Gasteiger partial charge is 0.230 e. The van der Waals surface area contributed by atoms with Gasteiger partial charge in [0.15, 0.2) is 11.0 Å². The number of rotatable bonds is 7. The molecule has 1 N–H and O–H groups in total. The number of nitrogens with zero attached hydrogens (tertiary/aromatic N) is 3. The van der Waals surface area contributed by atoms with Crippen molar-refractivity contribution in [2.24, 2.45) is 0 Å². The van der Waals surface area contributed by atoms with Gasteiger partial charge in [-0.1, -0.05) is 30.0 Å². The first-order valence-electron chi connectivity index (χ1n) is 7.18. The molecule has 116 valence electrons. The Labute approximate surface area is 133 Å². The third-order valence-electron chi connectivity index (χ3n) is 3.26. The molecule has 1 aromatic heterocycles. The third-order valence-corrected chi connectivity index (χ3v) is 4.19. The van der Waals surface area contributed by atoms with E-state index in [0.29, 0.717) is 23.6 Å². The molecule has 0 unspecified atom stereocenters. The molecule has 22 heavy (non-hydrogen) atoms. The van der Waals surface area contributed by atoms with Crippen LogP contribution >= 0.6 is 11.8 Å². The zero-order chi connectivity index (χ0) is 15.4. The topological polar surface area (TPSA) is 69.0 Å². The number of thioether (sulfide) groups is 1. The van der Waals surface area contributed by atoms with Crippen molar-refractivity contribution in [1.29, 1.82) is 0 Å². The Morgan fingerprint density at radius 1 is 1.36 bits per heavy atom. The average molecular weight is 318 g/mol. The predicted molar refractivity (Wildman–Crippen MR) is 84.0 cm³/mol. The van der Waals surface area contributed by atoms with E-state index in [9.17, 15) is 4.79 Å². The van der Waals surface area contributed by atoms with Crippen LogP contribution in [0.3, 0.4) is 0 Å². The zero-order valence-corrected chi connectivity index (χ0v) is 13.2. The van der Waals surface area contributed by atoms with Gasteiger partial charge in [-0.2, -0.15) is 0 Å². The van der Waals surface area contributed by atoms with Crippen LogP contribution in [-0.4, -0.2) is 39.6 Å². The van der Waals surface area contributed by atoms with Gasteiger partial charge >= 0.3 is 0 Å². The number of carbonyl (C=O) groups is 1. The Hall–Kier alpha value is -1.86. The number of hydrogen-bond acceptors (Lipinski definition) is 5. The van der Waals surface area contributed by atoms with Crippen molar-refractivity contribution in [3.63, 3.8) is 0 Å². The van der Waals surface area contributed by atoms with Gasteiger partial charge < -0.3 is 10.1 Å². The lowest BCUT2D eigenvalue weighted by molar-refractivity contribution is -0.118. The summed E-state index contributed by atoms with van der Waals surface area (Å²) in [6, 6.07) is 10.2. The Morgan fingerprint density at radius 3 is 2.82 bits per heavy atom. The molecule has 0 atom stereocenters. The summed E-state index contributed by atoms with van der Waals surface area (Å²) in [6.07, 6.45) is 2.18. The molecular weight excluding hydrogens is 300 g/mol. The summed E-state index contributed by atoms with van der Waals surface area (Å²) in [6.45, 7) is 0.372. The normalized spacial score (nSPS) is 14.0. The van der Waals surface area contributed by atoms with Crippen molar-refractivity contribution < 1.29 is 9.53 Å². The summed E-state index contributed by atoms with van der Waals surface area (Å²) in [5.41, 5.74) is 0.963. The van der Waals surface area contributed by atoms with E-state index in [1.54, 1.807) is 7.11 Å². The highest BCUT2D eigenvalue weighted by Crippen LogP contribution is 2.23. The van der Waals surface area contributed by atoms with E-state index >= 15 is 0 Å². The summed E-state index contributed by atoms with van der Waals surface area (Å²) < 4.78 is 7.11. The van der Waals surface area contributed by atoms with Crippen molar-refractivity contribution in [3.05, 3.63) is 36.2 Å². The molecule has 2 aromatic rings. The summed E-state index contributed by atoms with van der Waals surface area (Å²) in [5.74, 6) is 1.11. The molecule has 0 saturated heterocycles. The molecule has 0 spiro atoms. The minimum atomic E-state index is 0.0448. The van der Waals surface area contributed by atoms with Gasteiger partial charge in [-0.05, 0) is 25.0 Å². The highest BCUT2D eigenvalue weighted by molar-refractivity contribution is 7.99. The molecule has 1 fully saturated rings.